The predicted molar refractivity (Wildman–Crippen MR) is 74.0 cm³/mol. The number of aromatic hydroxyl groups is 2. The normalized spacial score (nSPS) is 9.52. The third kappa shape index (κ3) is 3.63. The van der Waals surface area contributed by atoms with Gasteiger partial charge in [-0.05, 0) is 12.1 Å². The molecule has 0 saturated heterocycles. The first kappa shape index (κ1) is 17.2. The Labute approximate surface area is 145 Å². The van der Waals surface area contributed by atoms with E-state index in [4.69, 9.17) is 0 Å². The van der Waals surface area contributed by atoms with Crippen molar-refractivity contribution in [1.82, 2.24) is 15.0 Å². The second-order valence-electron chi connectivity index (χ2n) is 3.92. The van der Waals surface area contributed by atoms with Crippen LogP contribution in [0.1, 0.15) is 0 Å². The maximum Gasteiger partial charge on any atom is 0.211 e. The Balaban J connectivity index is 0.00000110. The molecule has 3 rings (SSSR count). The van der Waals surface area contributed by atoms with Crippen LogP contribution in [-0.2, 0) is 32.7 Å². The summed E-state index contributed by atoms with van der Waals surface area (Å²) in [6, 6.07) is 8.30. The van der Waals surface area contributed by atoms with E-state index in [9.17, 15) is 10.2 Å². The molecule has 1 aromatic carbocycles. The van der Waals surface area contributed by atoms with Crippen molar-refractivity contribution < 1.29 is 48.4 Å². The fourth-order valence-electron chi connectivity index (χ4n) is 1.75. The first-order valence-electron chi connectivity index (χ1n) is 5.59. The molecular weight excluding hydrogens is 349 g/mol. The number of pyridine rings is 1. The number of para-hydroxylation sites is 2. The smallest absolute Gasteiger partial charge is 0.211 e. The first-order chi connectivity index (χ1) is 9.24. The third-order valence-corrected chi connectivity index (χ3v) is 2.66. The van der Waals surface area contributed by atoms with Gasteiger partial charge in [0, 0.05) is 44.2 Å². The molecule has 1 radical (unpaired) electrons. The summed E-state index contributed by atoms with van der Waals surface area (Å²) in [6.07, 6.45) is 2.85. The van der Waals surface area contributed by atoms with Gasteiger partial charge in [-0.25, -0.2) is 15.0 Å². The van der Waals surface area contributed by atoms with E-state index in [-0.39, 0.29) is 49.8 Å². The minimum atomic E-state index is -0.109. The van der Waals surface area contributed by atoms with Crippen LogP contribution in [0.3, 0.4) is 0 Å². The second-order valence-corrected chi connectivity index (χ2v) is 3.92. The molecule has 0 fully saturated rings. The number of aromatic nitrogens is 3. The van der Waals surface area contributed by atoms with Crippen molar-refractivity contribution in [2.24, 2.45) is 0 Å². The summed E-state index contributed by atoms with van der Waals surface area (Å²) in [7, 11) is 0. The summed E-state index contributed by atoms with van der Waals surface area (Å²) in [5.74, 6) is 0.499. The molecule has 0 aliphatic rings. The van der Waals surface area contributed by atoms with Crippen LogP contribution in [0.2, 0.25) is 0 Å². The van der Waals surface area contributed by atoms with Crippen molar-refractivity contribution in [2.45, 2.75) is 0 Å². The number of phenols is 1. The molecule has 7 nitrogen and oxygen atoms in total. The molecule has 2 heterocycles. The van der Waals surface area contributed by atoms with E-state index >= 15 is 0 Å². The molecule has 105 valence electrons. The molecule has 0 amide bonds. The van der Waals surface area contributed by atoms with E-state index in [1.54, 1.807) is 24.3 Å². The van der Waals surface area contributed by atoms with Gasteiger partial charge >= 0.3 is 0 Å². The number of rotatable bonds is 2. The molecule has 3 aromatic rings. The first-order valence-corrected chi connectivity index (χ1v) is 5.59. The van der Waals surface area contributed by atoms with Crippen LogP contribution >= 0.6 is 0 Å². The molecule has 0 spiro atoms. The number of anilines is 2. The molecule has 0 aliphatic heterocycles. The summed E-state index contributed by atoms with van der Waals surface area (Å²) < 4.78 is 0. The molecule has 0 atom stereocenters. The van der Waals surface area contributed by atoms with Crippen LogP contribution in [0, 0.1) is 0 Å². The quantitative estimate of drug-likeness (QED) is 0.592. The van der Waals surface area contributed by atoms with E-state index in [2.05, 4.69) is 20.3 Å². The minimum absolute atomic E-state index is 0. The van der Waals surface area contributed by atoms with E-state index in [1.165, 1.54) is 18.6 Å². The third-order valence-electron chi connectivity index (χ3n) is 2.66. The monoisotopic (exact) mass is 361 g/mol. The predicted octanol–water partition coefficient (Wildman–Crippen LogP) is 1.35. The Morgan fingerprint density at radius 1 is 1.00 bits per heavy atom. The molecular formula is C13H12N4O3Y. The Morgan fingerprint density at radius 2 is 1.76 bits per heavy atom. The SMILES string of the molecule is O.Oc1cc2c(Nc3ccccc3O)ncnc2cn1.[Y]. The summed E-state index contributed by atoms with van der Waals surface area (Å²) in [5, 5.41) is 22.8. The molecule has 0 aliphatic carbocycles. The van der Waals surface area contributed by atoms with Gasteiger partial charge in [0.25, 0.3) is 0 Å². The average molecular weight is 361 g/mol. The average Bonchev–Trinajstić information content (AvgIpc) is 2.42. The number of hydrogen-bond donors (Lipinski definition) is 3. The molecule has 8 heteroatoms. The maximum absolute atomic E-state index is 9.73. The van der Waals surface area contributed by atoms with Crippen LogP contribution in [-0.4, -0.2) is 30.6 Å². The van der Waals surface area contributed by atoms with E-state index in [1.807, 2.05) is 0 Å². The molecule has 0 bridgehead atoms. The fraction of sp³-hybridized carbons (Fsp3) is 0. The zero-order chi connectivity index (χ0) is 13.2. The number of benzene rings is 1. The molecule has 5 N–H and O–H groups in total. The van der Waals surface area contributed by atoms with Gasteiger partial charge in [0.05, 0.1) is 17.4 Å². The van der Waals surface area contributed by atoms with Gasteiger partial charge in [-0.1, -0.05) is 12.1 Å². The Morgan fingerprint density at radius 3 is 2.52 bits per heavy atom. The molecule has 2 aromatic heterocycles. The molecule has 0 saturated carbocycles. The number of nitrogens with zero attached hydrogens (tertiary/aromatic N) is 3. The minimum Gasteiger partial charge on any atom is -0.506 e. The van der Waals surface area contributed by atoms with Crippen LogP contribution in [0.25, 0.3) is 10.9 Å². The fourth-order valence-corrected chi connectivity index (χ4v) is 1.75. The van der Waals surface area contributed by atoms with E-state index < -0.39 is 0 Å². The van der Waals surface area contributed by atoms with Gasteiger partial charge in [0.15, 0.2) is 0 Å². The van der Waals surface area contributed by atoms with Gasteiger partial charge < -0.3 is 21.0 Å². The number of nitrogens with one attached hydrogen (secondary N) is 1. The zero-order valence-electron chi connectivity index (χ0n) is 10.9. The Kier molecular flexibility index (Phi) is 5.95. The Bertz CT molecular complexity index is 754. The standard InChI is InChI=1S/C13H10N4O2.H2O.Y/c18-11-4-2-1-3-9(11)17-13-8-5-12(19)14-6-10(8)15-7-16-13;;/h1-7,18H,(H,14,19)(H,15,16,17);1H2;. The number of fused-ring (bicyclic) bond motifs is 1. The van der Waals surface area contributed by atoms with Crippen molar-refractivity contribution in [3.63, 3.8) is 0 Å². The van der Waals surface area contributed by atoms with Gasteiger partial charge in [0.2, 0.25) is 5.88 Å². The van der Waals surface area contributed by atoms with Crippen molar-refractivity contribution in [3.05, 3.63) is 42.9 Å². The van der Waals surface area contributed by atoms with Crippen molar-refractivity contribution >= 4 is 22.4 Å². The molecule has 21 heavy (non-hydrogen) atoms. The Hall–Kier alpha value is -1.83. The van der Waals surface area contributed by atoms with Crippen molar-refractivity contribution in [2.75, 3.05) is 5.32 Å². The second kappa shape index (κ2) is 7.26. The van der Waals surface area contributed by atoms with Crippen LogP contribution in [0.15, 0.2) is 42.9 Å². The van der Waals surface area contributed by atoms with E-state index in [0.717, 1.165) is 0 Å². The summed E-state index contributed by atoms with van der Waals surface area (Å²) in [5.41, 5.74) is 1.13. The van der Waals surface area contributed by atoms with E-state index in [0.29, 0.717) is 22.4 Å². The van der Waals surface area contributed by atoms with Crippen LogP contribution < -0.4 is 5.32 Å². The number of hydrogen-bond acceptors (Lipinski definition) is 6. The maximum atomic E-state index is 9.73. The van der Waals surface area contributed by atoms with Crippen LogP contribution in [0.5, 0.6) is 11.6 Å². The largest absolute Gasteiger partial charge is 0.506 e. The zero-order valence-corrected chi connectivity index (χ0v) is 13.7. The van der Waals surface area contributed by atoms with Crippen molar-refractivity contribution in [3.8, 4) is 11.6 Å². The van der Waals surface area contributed by atoms with Gasteiger partial charge in [-0.2, -0.15) is 0 Å². The summed E-state index contributed by atoms with van der Waals surface area (Å²) in [4.78, 5) is 11.9. The van der Waals surface area contributed by atoms with Crippen molar-refractivity contribution in [1.29, 1.82) is 0 Å². The number of phenolic OH excluding ortho intramolecular Hbond substituents is 1. The van der Waals surface area contributed by atoms with Gasteiger partial charge in [-0.15, -0.1) is 0 Å². The summed E-state index contributed by atoms with van der Waals surface area (Å²) in [6.45, 7) is 0. The van der Waals surface area contributed by atoms with Crippen LogP contribution in [0.4, 0.5) is 11.5 Å². The summed E-state index contributed by atoms with van der Waals surface area (Å²) >= 11 is 0. The topological polar surface area (TPSA) is 123 Å². The van der Waals surface area contributed by atoms with Gasteiger partial charge in [-0.3, -0.25) is 0 Å². The molecule has 0 unspecified atom stereocenters. The van der Waals surface area contributed by atoms with Gasteiger partial charge in [0.1, 0.15) is 17.9 Å².